The molecule has 0 aliphatic heterocycles. The first-order valence-corrected chi connectivity index (χ1v) is 14.3. The molecule has 1 saturated carbocycles. The molecule has 3 aromatic rings. The summed E-state index contributed by atoms with van der Waals surface area (Å²) in [6.07, 6.45) is 7.01. The molecule has 1 amide bonds. The lowest BCUT2D eigenvalue weighted by molar-refractivity contribution is -0.384. The summed E-state index contributed by atoms with van der Waals surface area (Å²) < 4.78 is 5.64. The Morgan fingerprint density at radius 1 is 1.18 bits per heavy atom. The average molecular weight is 549 g/mol. The van der Waals surface area contributed by atoms with Gasteiger partial charge in [0.2, 0.25) is 0 Å². The third-order valence-corrected chi connectivity index (χ3v) is 9.64. The van der Waals surface area contributed by atoms with Crippen molar-refractivity contribution in [1.29, 1.82) is 0 Å². The minimum Gasteiger partial charge on any atom is -0.467 e. The SMILES string of the molecule is CC(C)c1ccc2c(c1)CCC1C(C)(CN(Cc3ccco3)C(=O)c3ccc([N+](=O)[O-])cc3Cl)CCCC21C. The number of aryl methyl sites for hydroxylation is 1. The lowest BCUT2D eigenvalue weighted by Crippen LogP contribution is -2.53. The van der Waals surface area contributed by atoms with E-state index in [0.717, 1.165) is 32.1 Å². The average Bonchev–Trinajstić information content (AvgIpc) is 3.40. The van der Waals surface area contributed by atoms with Gasteiger partial charge in [-0.1, -0.05) is 63.9 Å². The molecule has 2 aliphatic rings. The van der Waals surface area contributed by atoms with Crippen LogP contribution in [0.2, 0.25) is 5.02 Å². The van der Waals surface area contributed by atoms with Crippen LogP contribution >= 0.6 is 11.6 Å². The fraction of sp³-hybridized carbons (Fsp3) is 0.469. The van der Waals surface area contributed by atoms with Gasteiger partial charge in [0.15, 0.2) is 0 Å². The smallest absolute Gasteiger partial charge is 0.270 e. The molecule has 6 nitrogen and oxygen atoms in total. The maximum Gasteiger partial charge on any atom is 0.270 e. The highest BCUT2D eigenvalue weighted by Gasteiger charge is 2.52. The molecule has 1 fully saturated rings. The van der Waals surface area contributed by atoms with Crippen molar-refractivity contribution in [3.05, 3.63) is 97.9 Å². The molecule has 0 saturated heterocycles. The van der Waals surface area contributed by atoms with Gasteiger partial charge in [-0.3, -0.25) is 14.9 Å². The van der Waals surface area contributed by atoms with E-state index in [2.05, 4.69) is 45.9 Å². The number of rotatable bonds is 7. The van der Waals surface area contributed by atoms with Crippen molar-refractivity contribution in [3.8, 4) is 0 Å². The van der Waals surface area contributed by atoms with Crippen LogP contribution in [-0.4, -0.2) is 22.3 Å². The summed E-state index contributed by atoms with van der Waals surface area (Å²) in [7, 11) is 0. The van der Waals surface area contributed by atoms with E-state index in [4.69, 9.17) is 16.0 Å². The second kappa shape index (κ2) is 10.5. The zero-order valence-electron chi connectivity index (χ0n) is 23.2. The van der Waals surface area contributed by atoms with E-state index in [1.807, 2.05) is 17.0 Å². The highest BCUT2D eigenvalue weighted by atomic mass is 35.5. The van der Waals surface area contributed by atoms with Gasteiger partial charge in [-0.15, -0.1) is 0 Å². The van der Waals surface area contributed by atoms with Gasteiger partial charge in [-0.25, -0.2) is 0 Å². The fourth-order valence-corrected chi connectivity index (χ4v) is 7.64. The molecular weight excluding hydrogens is 512 g/mol. The predicted octanol–water partition coefficient (Wildman–Crippen LogP) is 8.32. The van der Waals surface area contributed by atoms with E-state index in [1.54, 1.807) is 6.26 Å². The Labute approximate surface area is 235 Å². The molecule has 3 unspecified atom stereocenters. The third-order valence-electron chi connectivity index (χ3n) is 9.33. The van der Waals surface area contributed by atoms with E-state index in [9.17, 15) is 14.9 Å². The van der Waals surface area contributed by atoms with Gasteiger partial charge >= 0.3 is 0 Å². The molecule has 3 atom stereocenters. The highest BCUT2D eigenvalue weighted by molar-refractivity contribution is 6.34. The number of benzene rings is 2. The zero-order chi connectivity index (χ0) is 27.9. The number of nitrogens with zero attached hydrogens (tertiary/aromatic N) is 2. The summed E-state index contributed by atoms with van der Waals surface area (Å²) in [5, 5.41) is 11.3. The minimum absolute atomic E-state index is 0.0422. The maximum atomic E-state index is 14.0. The summed E-state index contributed by atoms with van der Waals surface area (Å²) in [5.41, 5.74) is 4.40. The van der Waals surface area contributed by atoms with Crippen LogP contribution in [0.3, 0.4) is 0 Å². The molecule has 7 heteroatoms. The third kappa shape index (κ3) is 5.11. The van der Waals surface area contributed by atoms with Crippen molar-refractivity contribution in [2.24, 2.45) is 11.3 Å². The molecule has 0 N–H and O–H groups in total. The van der Waals surface area contributed by atoms with E-state index in [0.29, 0.717) is 30.7 Å². The summed E-state index contributed by atoms with van der Waals surface area (Å²) in [5.74, 6) is 1.37. The van der Waals surface area contributed by atoms with E-state index >= 15 is 0 Å². The quantitative estimate of drug-likeness (QED) is 0.220. The number of halogens is 1. The van der Waals surface area contributed by atoms with Gasteiger partial charge in [0, 0.05) is 18.7 Å². The monoisotopic (exact) mass is 548 g/mol. The van der Waals surface area contributed by atoms with Crippen LogP contribution in [0.4, 0.5) is 5.69 Å². The van der Waals surface area contributed by atoms with Crippen LogP contribution in [-0.2, 0) is 18.4 Å². The maximum absolute atomic E-state index is 14.0. The lowest BCUT2D eigenvalue weighted by atomic mass is 9.49. The van der Waals surface area contributed by atoms with Crippen molar-refractivity contribution < 1.29 is 14.1 Å². The van der Waals surface area contributed by atoms with Gasteiger partial charge < -0.3 is 9.32 Å². The predicted molar refractivity (Wildman–Crippen MR) is 153 cm³/mol. The molecular formula is C32H37ClN2O4. The minimum atomic E-state index is -0.504. The van der Waals surface area contributed by atoms with Crippen LogP contribution in [0.25, 0.3) is 0 Å². The molecule has 206 valence electrons. The second-order valence-corrected chi connectivity index (χ2v) is 12.7. The Kier molecular flexibility index (Phi) is 7.36. The first kappa shape index (κ1) is 27.4. The van der Waals surface area contributed by atoms with Crippen LogP contribution < -0.4 is 0 Å². The van der Waals surface area contributed by atoms with Crippen LogP contribution in [0.15, 0.2) is 59.2 Å². The van der Waals surface area contributed by atoms with Gasteiger partial charge in [0.1, 0.15) is 5.76 Å². The second-order valence-electron chi connectivity index (χ2n) is 12.2. The van der Waals surface area contributed by atoms with Crippen molar-refractivity contribution in [2.75, 3.05) is 6.54 Å². The number of non-ortho nitro benzene ring substituents is 1. The van der Waals surface area contributed by atoms with Crippen molar-refractivity contribution in [1.82, 2.24) is 4.90 Å². The van der Waals surface area contributed by atoms with Crippen molar-refractivity contribution >= 4 is 23.2 Å². The molecule has 1 aromatic heterocycles. The number of nitro groups is 1. The number of amides is 1. The number of nitro benzene ring substituents is 1. The highest BCUT2D eigenvalue weighted by Crippen LogP contribution is 2.57. The van der Waals surface area contributed by atoms with Crippen LogP contribution in [0.5, 0.6) is 0 Å². The van der Waals surface area contributed by atoms with Crippen molar-refractivity contribution in [2.45, 2.75) is 77.7 Å². The largest absolute Gasteiger partial charge is 0.467 e. The standard InChI is InChI=1S/C32H37ClN2O4/c1-21(2)22-8-12-27-23(17-22)9-13-29-31(3,14-6-15-32(27,29)4)20-34(19-25-7-5-16-39-25)30(36)26-11-10-24(35(37)38)18-28(26)33/h5,7-8,10-12,16-18,21,29H,6,9,13-15,19-20H2,1-4H3. The molecule has 0 spiro atoms. The lowest BCUT2D eigenvalue weighted by Gasteiger charge is -2.56. The van der Waals surface area contributed by atoms with Crippen LogP contribution in [0, 0.1) is 21.4 Å². The Balaban J connectivity index is 1.48. The van der Waals surface area contributed by atoms with Gasteiger partial charge in [-0.05, 0) is 83.2 Å². The molecule has 2 aliphatic carbocycles. The molecule has 39 heavy (non-hydrogen) atoms. The normalized spacial score (nSPS) is 24.2. The summed E-state index contributed by atoms with van der Waals surface area (Å²) >= 11 is 6.42. The zero-order valence-corrected chi connectivity index (χ0v) is 24.0. The van der Waals surface area contributed by atoms with Gasteiger partial charge in [-0.2, -0.15) is 0 Å². The molecule has 5 rings (SSSR count). The summed E-state index contributed by atoms with van der Waals surface area (Å²) in [6, 6.07) is 14.8. The number of carbonyl (C=O) groups is 1. The Bertz CT molecular complexity index is 1380. The van der Waals surface area contributed by atoms with E-state index < -0.39 is 4.92 Å². The topological polar surface area (TPSA) is 76.6 Å². The number of hydrogen-bond acceptors (Lipinski definition) is 4. The van der Waals surface area contributed by atoms with Gasteiger partial charge in [0.05, 0.1) is 28.3 Å². The summed E-state index contributed by atoms with van der Waals surface area (Å²) in [4.78, 5) is 26.5. The van der Waals surface area contributed by atoms with Gasteiger partial charge in [0.25, 0.3) is 11.6 Å². The first-order valence-electron chi connectivity index (χ1n) is 13.9. The molecule has 1 heterocycles. The summed E-state index contributed by atoms with van der Waals surface area (Å²) in [6.45, 7) is 10.1. The Morgan fingerprint density at radius 2 is 1.97 bits per heavy atom. The Hall–Kier alpha value is -3.12. The van der Waals surface area contributed by atoms with Crippen LogP contribution in [0.1, 0.15) is 92.1 Å². The number of hydrogen-bond donors (Lipinski definition) is 0. The number of carbonyl (C=O) groups excluding carboxylic acids is 1. The van der Waals surface area contributed by atoms with Crippen molar-refractivity contribution in [3.63, 3.8) is 0 Å². The molecule has 0 bridgehead atoms. The van der Waals surface area contributed by atoms with E-state index in [1.165, 1.54) is 34.9 Å². The molecule has 2 aromatic carbocycles. The number of furan rings is 1. The molecule has 0 radical (unpaired) electrons. The first-order chi connectivity index (χ1) is 18.5. The van der Waals surface area contributed by atoms with E-state index in [-0.39, 0.29) is 33.0 Å². The Morgan fingerprint density at radius 3 is 2.64 bits per heavy atom. The number of fused-ring (bicyclic) bond motifs is 3. The fourth-order valence-electron chi connectivity index (χ4n) is 7.38.